The van der Waals surface area contributed by atoms with E-state index in [-0.39, 0.29) is 11.9 Å². The Kier molecular flexibility index (Phi) is 6.60. The van der Waals surface area contributed by atoms with E-state index in [1.54, 1.807) is 32.2 Å². The lowest BCUT2D eigenvalue weighted by atomic mass is 10.0. The number of carbonyl (C=O) groups is 1. The molecule has 27 heavy (non-hydrogen) atoms. The first-order valence-corrected chi connectivity index (χ1v) is 8.51. The van der Waals surface area contributed by atoms with Crippen molar-refractivity contribution in [2.45, 2.75) is 19.9 Å². The first-order valence-electron chi connectivity index (χ1n) is 8.51. The Bertz CT molecular complexity index is 871. The maximum Gasteiger partial charge on any atom is 0.255 e. The number of nitrogens with two attached hydrogens (primary N) is 1. The van der Waals surface area contributed by atoms with Crippen molar-refractivity contribution in [1.82, 2.24) is 5.32 Å². The van der Waals surface area contributed by atoms with Crippen LogP contribution in [-0.2, 0) is 0 Å². The van der Waals surface area contributed by atoms with Crippen molar-refractivity contribution in [1.29, 1.82) is 5.41 Å². The van der Waals surface area contributed by atoms with E-state index in [1.165, 1.54) is 13.3 Å². The van der Waals surface area contributed by atoms with E-state index in [2.05, 4.69) is 5.32 Å². The zero-order valence-corrected chi connectivity index (χ0v) is 16.0. The molecule has 0 radical (unpaired) electrons. The second-order valence-corrected chi connectivity index (χ2v) is 6.13. The number of hydrogen-bond acceptors (Lipinski definition) is 5. The van der Waals surface area contributed by atoms with E-state index in [9.17, 15) is 4.79 Å². The molecule has 2 aromatic carbocycles. The predicted octanol–water partition coefficient (Wildman–Crippen LogP) is 3.53. The molecule has 6 nitrogen and oxygen atoms in total. The molecule has 0 saturated heterocycles. The molecule has 1 amide bonds. The maximum absolute atomic E-state index is 12.7. The lowest BCUT2D eigenvalue weighted by Gasteiger charge is -2.17. The molecule has 0 saturated carbocycles. The molecular formula is C21H25N3O3. The van der Waals surface area contributed by atoms with E-state index < -0.39 is 0 Å². The molecule has 0 unspecified atom stereocenters. The maximum atomic E-state index is 12.7. The number of carbonyl (C=O) groups excluding carboxylic acids is 1. The van der Waals surface area contributed by atoms with Gasteiger partial charge in [0.1, 0.15) is 11.5 Å². The third-order valence-corrected chi connectivity index (χ3v) is 4.27. The van der Waals surface area contributed by atoms with Gasteiger partial charge in [0.15, 0.2) is 0 Å². The number of rotatable bonds is 7. The number of nitrogens with one attached hydrogen (secondary N) is 2. The van der Waals surface area contributed by atoms with Crippen LogP contribution < -0.4 is 20.5 Å². The molecule has 0 heterocycles. The molecule has 142 valence electrons. The van der Waals surface area contributed by atoms with Crippen LogP contribution in [-0.4, -0.2) is 26.3 Å². The Hall–Kier alpha value is -3.28. The lowest BCUT2D eigenvalue weighted by Crippen LogP contribution is -2.27. The van der Waals surface area contributed by atoms with Gasteiger partial charge in [-0.15, -0.1) is 0 Å². The highest BCUT2D eigenvalue weighted by atomic mass is 16.5. The minimum absolute atomic E-state index is 0.208. The van der Waals surface area contributed by atoms with Gasteiger partial charge >= 0.3 is 0 Å². The standard InChI is InChI=1S/C21H25N3O3/c1-13(23)19(12-22)16-8-9-18(20(11-16)27-4)21(25)24-14(2)15-6-5-7-17(10-15)26-3/h5-12,14,22H,23H2,1-4H3,(H,24,25)/t14-/m1/s1. The number of ether oxygens (including phenoxy) is 2. The van der Waals surface area contributed by atoms with Gasteiger partial charge in [-0.3, -0.25) is 4.79 Å². The van der Waals surface area contributed by atoms with Crippen LogP contribution >= 0.6 is 0 Å². The molecule has 0 aliphatic rings. The Morgan fingerprint density at radius 3 is 2.52 bits per heavy atom. The molecular weight excluding hydrogens is 342 g/mol. The van der Waals surface area contributed by atoms with Crippen molar-refractivity contribution >= 4 is 17.7 Å². The second-order valence-electron chi connectivity index (χ2n) is 6.13. The minimum Gasteiger partial charge on any atom is -0.497 e. The molecule has 1 atom stereocenters. The summed E-state index contributed by atoms with van der Waals surface area (Å²) < 4.78 is 10.6. The summed E-state index contributed by atoms with van der Waals surface area (Å²) in [7, 11) is 3.11. The van der Waals surface area contributed by atoms with Crippen molar-refractivity contribution in [3.05, 3.63) is 64.9 Å². The smallest absolute Gasteiger partial charge is 0.255 e. The highest BCUT2D eigenvalue weighted by molar-refractivity contribution is 6.10. The summed E-state index contributed by atoms with van der Waals surface area (Å²) in [4.78, 5) is 12.7. The summed E-state index contributed by atoms with van der Waals surface area (Å²) in [5, 5.41) is 10.5. The van der Waals surface area contributed by atoms with E-state index in [0.29, 0.717) is 22.6 Å². The molecule has 0 fully saturated rings. The van der Waals surface area contributed by atoms with Gasteiger partial charge in [0, 0.05) is 17.5 Å². The SMILES string of the molecule is COc1cccc([C@@H](C)NC(=O)c2ccc(C(C=N)=C(C)N)cc2OC)c1. The zero-order valence-electron chi connectivity index (χ0n) is 16.0. The van der Waals surface area contributed by atoms with Crippen molar-refractivity contribution in [3.63, 3.8) is 0 Å². The molecule has 0 aliphatic carbocycles. The lowest BCUT2D eigenvalue weighted by molar-refractivity contribution is 0.0937. The highest BCUT2D eigenvalue weighted by Gasteiger charge is 2.17. The van der Waals surface area contributed by atoms with Gasteiger partial charge < -0.3 is 25.9 Å². The van der Waals surface area contributed by atoms with Crippen molar-refractivity contribution in [3.8, 4) is 11.5 Å². The van der Waals surface area contributed by atoms with Crippen LogP contribution in [0.4, 0.5) is 0 Å². The van der Waals surface area contributed by atoms with E-state index >= 15 is 0 Å². The van der Waals surface area contributed by atoms with Crippen LogP contribution in [0.3, 0.4) is 0 Å². The predicted molar refractivity (Wildman–Crippen MR) is 107 cm³/mol. The summed E-state index contributed by atoms with van der Waals surface area (Å²) in [5.74, 6) is 0.903. The zero-order chi connectivity index (χ0) is 20.0. The fourth-order valence-corrected chi connectivity index (χ4v) is 2.74. The minimum atomic E-state index is -0.251. The molecule has 0 aromatic heterocycles. The topological polar surface area (TPSA) is 97.4 Å². The molecule has 0 aliphatic heterocycles. The fourth-order valence-electron chi connectivity index (χ4n) is 2.74. The van der Waals surface area contributed by atoms with Crippen LogP contribution in [0.15, 0.2) is 48.2 Å². The first-order chi connectivity index (χ1) is 12.9. The monoisotopic (exact) mass is 367 g/mol. The van der Waals surface area contributed by atoms with Gasteiger partial charge in [-0.1, -0.05) is 18.2 Å². The first kappa shape index (κ1) is 20.0. The van der Waals surface area contributed by atoms with Crippen molar-refractivity contribution in [2.75, 3.05) is 14.2 Å². The molecule has 0 spiro atoms. The van der Waals surface area contributed by atoms with Gasteiger partial charge in [-0.2, -0.15) is 0 Å². The summed E-state index contributed by atoms with van der Waals surface area (Å²) in [6, 6.07) is 12.5. The number of amides is 1. The molecule has 0 bridgehead atoms. The Balaban J connectivity index is 2.27. The van der Waals surface area contributed by atoms with Crippen LogP contribution in [0.5, 0.6) is 11.5 Å². The summed E-state index contributed by atoms with van der Waals surface area (Å²) >= 11 is 0. The Morgan fingerprint density at radius 1 is 1.19 bits per heavy atom. The number of hydrogen-bond donors (Lipinski definition) is 3. The average molecular weight is 367 g/mol. The van der Waals surface area contributed by atoms with E-state index in [0.717, 1.165) is 16.9 Å². The van der Waals surface area contributed by atoms with E-state index in [1.807, 2.05) is 31.2 Å². The third kappa shape index (κ3) is 4.67. The summed E-state index contributed by atoms with van der Waals surface area (Å²) in [6.45, 7) is 3.63. The molecule has 4 N–H and O–H groups in total. The second kappa shape index (κ2) is 8.89. The number of methoxy groups -OCH3 is 2. The molecule has 2 aromatic rings. The Morgan fingerprint density at radius 2 is 1.93 bits per heavy atom. The molecule has 6 heteroatoms. The fraction of sp³-hybridized carbons (Fsp3) is 0.238. The van der Waals surface area contributed by atoms with Gasteiger partial charge in [0.2, 0.25) is 0 Å². The van der Waals surface area contributed by atoms with Gasteiger partial charge in [0.05, 0.1) is 25.8 Å². The van der Waals surface area contributed by atoms with Crippen molar-refractivity contribution in [2.24, 2.45) is 5.73 Å². The highest BCUT2D eigenvalue weighted by Crippen LogP contribution is 2.26. The molecule has 2 rings (SSSR count). The van der Waals surface area contributed by atoms with Crippen LogP contribution in [0.2, 0.25) is 0 Å². The normalized spacial score (nSPS) is 12.6. The van der Waals surface area contributed by atoms with Crippen molar-refractivity contribution < 1.29 is 14.3 Å². The van der Waals surface area contributed by atoms with Crippen LogP contribution in [0.25, 0.3) is 5.57 Å². The quantitative estimate of drug-likeness (QED) is 0.652. The largest absolute Gasteiger partial charge is 0.497 e. The van der Waals surface area contributed by atoms with E-state index in [4.69, 9.17) is 20.6 Å². The summed E-state index contributed by atoms with van der Waals surface area (Å²) in [6.07, 6.45) is 1.19. The van der Waals surface area contributed by atoms with Gasteiger partial charge in [0.25, 0.3) is 5.91 Å². The van der Waals surface area contributed by atoms with Crippen LogP contribution in [0.1, 0.15) is 41.4 Å². The Labute approximate surface area is 159 Å². The number of benzene rings is 2. The van der Waals surface area contributed by atoms with Gasteiger partial charge in [-0.05, 0) is 49.2 Å². The average Bonchev–Trinajstić information content (AvgIpc) is 2.67. The number of allylic oxidation sites excluding steroid dienone is 2. The van der Waals surface area contributed by atoms with Gasteiger partial charge in [-0.25, -0.2) is 0 Å². The van der Waals surface area contributed by atoms with Crippen LogP contribution in [0, 0.1) is 5.41 Å². The third-order valence-electron chi connectivity index (χ3n) is 4.27. The summed E-state index contributed by atoms with van der Waals surface area (Å²) in [5.41, 5.74) is 9.00.